The minimum atomic E-state index is 0.145. The molecule has 0 N–H and O–H groups in total. The van der Waals surface area contributed by atoms with E-state index < -0.39 is 0 Å². The van der Waals surface area contributed by atoms with Crippen LogP contribution < -0.4 is 4.90 Å². The van der Waals surface area contributed by atoms with E-state index in [9.17, 15) is 4.79 Å². The van der Waals surface area contributed by atoms with Crippen LogP contribution in [0, 0.1) is 9.49 Å². The molecule has 1 aliphatic heterocycles. The Hall–Kier alpha value is 0.180. The third kappa shape index (κ3) is 2.53. The van der Waals surface area contributed by atoms with Gasteiger partial charge in [-0.2, -0.15) is 12.6 Å². The number of carbonyl (C=O) groups excluding carboxylic acids is 1. The maximum Gasteiger partial charge on any atom is 0.228 e. The van der Waals surface area contributed by atoms with Gasteiger partial charge in [0.2, 0.25) is 5.91 Å². The minimum Gasteiger partial charge on any atom is -0.296 e. The molecule has 86 valence electrons. The highest BCUT2D eigenvalue weighted by molar-refractivity contribution is 14.1. The van der Waals surface area contributed by atoms with Gasteiger partial charge < -0.3 is 0 Å². The van der Waals surface area contributed by atoms with Crippen molar-refractivity contribution in [2.75, 3.05) is 17.2 Å². The van der Waals surface area contributed by atoms with Crippen molar-refractivity contribution in [1.82, 2.24) is 4.98 Å². The predicted octanol–water partition coefficient (Wildman–Crippen LogP) is 2.73. The van der Waals surface area contributed by atoms with Crippen LogP contribution in [0.1, 0.15) is 6.42 Å². The van der Waals surface area contributed by atoms with Gasteiger partial charge in [0, 0.05) is 23.6 Å². The fourth-order valence-corrected chi connectivity index (χ4v) is 3.48. The number of pyridine rings is 1. The summed E-state index contributed by atoms with van der Waals surface area (Å²) < 4.78 is 1.91. The molecule has 3 nitrogen and oxygen atoms in total. The zero-order valence-electron chi connectivity index (χ0n) is 8.36. The van der Waals surface area contributed by atoms with Gasteiger partial charge in [-0.25, -0.2) is 4.98 Å². The summed E-state index contributed by atoms with van der Waals surface area (Å²) in [5.74, 6) is 2.00. The van der Waals surface area contributed by atoms with Crippen LogP contribution in [-0.2, 0) is 4.79 Å². The number of anilines is 1. The Balaban J connectivity index is 2.28. The summed E-state index contributed by atoms with van der Waals surface area (Å²) in [6, 6.07) is 1.96. The van der Waals surface area contributed by atoms with E-state index >= 15 is 0 Å². The molecule has 1 saturated heterocycles. The van der Waals surface area contributed by atoms with Crippen LogP contribution >= 0.6 is 51.1 Å². The van der Waals surface area contributed by atoms with Gasteiger partial charge in [-0.1, -0.05) is 0 Å². The fraction of sp³-hybridized carbons (Fsp3) is 0.400. The van der Waals surface area contributed by atoms with Crippen LogP contribution in [-0.4, -0.2) is 23.2 Å². The van der Waals surface area contributed by atoms with Crippen molar-refractivity contribution in [2.45, 2.75) is 6.42 Å². The highest BCUT2D eigenvalue weighted by Crippen LogP contribution is 2.29. The monoisotopic (exact) mass is 412 g/mol. The van der Waals surface area contributed by atoms with Crippen molar-refractivity contribution >= 4 is 62.9 Å². The maximum atomic E-state index is 11.8. The molecule has 1 atom stereocenters. The summed E-state index contributed by atoms with van der Waals surface area (Å²) in [7, 11) is 0. The summed E-state index contributed by atoms with van der Waals surface area (Å²) in [6.07, 6.45) is 2.30. The topological polar surface area (TPSA) is 33.2 Å². The van der Waals surface area contributed by atoms with Crippen LogP contribution in [0.5, 0.6) is 0 Å². The molecule has 1 aromatic rings. The summed E-state index contributed by atoms with van der Waals surface area (Å²) in [4.78, 5) is 17.9. The van der Waals surface area contributed by atoms with Gasteiger partial charge in [-0.15, -0.1) is 0 Å². The van der Waals surface area contributed by atoms with Gasteiger partial charge in [-0.3, -0.25) is 9.69 Å². The molecule has 0 radical (unpaired) electrons. The van der Waals surface area contributed by atoms with E-state index in [1.54, 1.807) is 11.1 Å². The third-order valence-electron chi connectivity index (χ3n) is 2.51. The lowest BCUT2D eigenvalue weighted by molar-refractivity contribution is -0.117. The molecule has 0 saturated carbocycles. The Labute approximate surface area is 122 Å². The lowest BCUT2D eigenvalue weighted by atomic mass is 10.1. The van der Waals surface area contributed by atoms with Gasteiger partial charge in [-0.05, 0) is 56.3 Å². The SMILES string of the molecule is O=C1CC(CS)CN1c1ncc(Br)cc1I. The standard InChI is InChI=1S/C10H10BrIN2OS/c11-7-2-8(12)10(13-3-7)14-4-6(5-16)1-9(14)15/h2-3,6,16H,1,4-5H2. The molecule has 2 rings (SSSR count). The molecule has 0 aliphatic carbocycles. The van der Waals surface area contributed by atoms with Crippen LogP contribution in [0.2, 0.25) is 0 Å². The first kappa shape index (κ1) is 12.6. The second-order valence-corrected chi connectivity index (χ2v) is 6.16. The number of hydrogen-bond donors (Lipinski definition) is 1. The molecular formula is C10H10BrIN2OS. The van der Waals surface area contributed by atoms with Crippen LogP contribution in [0.15, 0.2) is 16.7 Å². The molecule has 2 heterocycles. The van der Waals surface area contributed by atoms with E-state index in [2.05, 4.69) is 56.1 Å². The van der Waals surface area contributed by atoms with Crippen molar-refractivity contribution in [3.05, 3.63) is 20.3 Å². The number of carbonyl (C=O) groups is 1. The van der Waals surface area contributed by atoms with E-state index in [0.29, 0.717) is 12.3 Å². The van der Waals surface area contributed by atoms with Crippen molar-refractivity contribution in [2.24, 2.45) is 5.92 Å². The van der Waals surface area contributed by atoms with Gasteiger partial charge >= 0.3 is 0 Å². The molecule has 1 amide bonds. The quantitative estimate of drug-likeness (QED) is 0.598. The summed E-state index contributed by atoms with van der Waals surface area (Å²) in [5, 5.41) is 0. The Morgan fingerprint density at radius 2 is 2.44 bits per heavy atom. The van der Waals surface area contributed by atoms with Gasteiger partial charge in [0.15, 0.2) is 0 Å². The number of rotatable bonds is 2. The second-order valence-electron chi connectivity index (χ2n) is 3.72. The molecule has 1 fully saturated rings. The van der Waals surface area contributed by atoms with E-state index in [4.69, 9.17) is 0 Å². The van der Waals surface area contributed by atoms with Crippen molar-refractivity contribution < 1.29 is 4.79 Å². The highest BCUT2D eigenvalue weighted by Gasteiger charge is 2.31. The fourth-order valence-electron chi connectivity index (χ4n) is 1.71. The molecule has 6 heteroatoms. The van der Waals surface area contributed by atoms with Gasteiger partial charge in [0.25, 0.3) is 0 Å². The molecule has 0 spiro atoms. The van der Waals surface area contributed by atoms with E-state index in [-0.39, 0.29) is 5.91 Å². The average Bonchev–Trinajstić information content (AvgIpc) is 2.60. The summed E-state index contributed by atoms with van der Waals surface area (Å²) >= 11 is 9.80. The van der Waals surface area contributed by atoms with E-state index in [0.717, 1.165) is 26.2 Å². The normalized spacial score (nSPS) is 20.6. The van der Waals surface area contributed by atoms with Crippen LogP contribution in [0.25, 0.3) is 0 Å². The molecule has 0 aromatic carbocycles. The van der Waals surface area contributed by atoms with Gasteiger partial charge in [0.05, 0.1) is 3.57 Å². The Kier molecular flexibility index (Phi) is 4.12. The molecular weight excluding hydrogens is 403 g/mol. The second kappa shape index (κ2) is 5.22. The number of aromatic nitrogens is 1. The highest BCUT2D eigenvalue weighted by atomic mass is 127. The molecule has 0 bridgehead atoms. The molecule has 16 heavy (non-hydrogen) atoms. The molecule has 1 unspecified atom stereocenters. The number of hydrogen-bond acceptors (Lipinski definition) is 3. The average molecular weight is 413 g/mol. The van der Waals surface area contributed by atoms with Crippen molar-refractivity contribution in [3.63, 3.8) is 0 Å². The lowest BCUT2D eigenvalue weighted by Crippen LogP contribution is -2.26. The van der Waals surface area contributed by atoms with Crippen molar-refractivity contribution in [1.29, 1.82) is 0 Å². The van der Waals surface area contributed by atoms with Crippen LogP contribution in [0.3, 0.4) is 0 Å². The number of thiol groups is 1. The lowest BCUT2D eigenvalue weighted by Gasteiger charge is -2.16. The smallest absolute Gasteiger partial charge is 0.228 e. The zero-order valence-corrected chi connectivity index (χ0v) is 13.0. The van der Waals surface area contributed by atoms with Crippen molar-refractivity contribution in [3.8, 4) is 0 Å². The minimum absolute atomic E-state index is 0.145. The number of halogens is 2. The zero-order chi connectivity index (χ0) is 11.7. The Morgan fingerprint density at radius 3 is 3.00 bits per heavy atom. The van der Waals surface area contributed by atoms with E-state index in [1.807, 2.05) is 6.07 Å². The number of amides is 1. The largest absolute Gasteiger partial charge is 0.296 e. The molecule has 1 aromatic heterocycles. The third-order valence-corrected chi connectivity index (χ3v) is 4.25. The van der Waals surface area contributed by atoms with E-state index in [1.165, 1.54) is 0 Å². The summed E-state index contributed by atoms with van der Waals surface area (Å²) in [6.45, 7) is 0.729. The first-order valence-corrected chi connectivity index (χ1v) is 7.34. The Bertz CT molecular complexity index is 429. The molecule has 1 aliphatic rings. The predicted molar refractivity (Wildman–Crippen MR) is 79.0 cm³/mol. The Morgan fingerprint density at radius 1 is 1.69 bits per heavy atom. The first-order valence-electron chi connectivity index (χ1n) is 4.84. The van der Waals surface area contributed by atoms with Gasteiger partial charge in [0.1, 0.15) is 5.82 Å². The first-order chi connectivity index (χ1) is 7.61. The van der Waals surface area contributed by atoms with Crippen LogP contribution in [0.4, 0.5) is 5.82 Å². The maximum absolute atomic E-state index is 11.8. The number of nitrogens with zero attached hydrogens (tertiary/aromatic N) is 2. The summed E-state index contributed by atoms with van der Waals surface area (Å²) in [5.41, 5.74) is 0.